The SMILES string of the molecule is O=C([O-])c1cccc(NC(=O)N2CCN(Cc3cnc4ccccc4c3)CC2)c1.[K+]. The number of para-hydroxylation sites is 1. The van der Waals surface area contributed by atoms with E-state index in [1.165, 1.54) is 12.1 Å². The van der Waals surface area contributed by atoms with E-state index in [4.69, 9.17) is 0 Å². The van der Waals surface area contributed by atoms with Crippen LogP contribution in [0.4, 0.5) is 10.5 Å². The molecule has 148 valence electrons. The van der Waals surface area contributed by atoms with E-state index in [2.05, 4.69) is 27.3 Å². The molecule has 0 saturated carbocycles. The second-order valence-corrected chi connectivity index (χ2v) is 7.10. The van der Waals surface area contributed by atoms with Crippen LogP contribution in [0.1, 0.15) is 15.9 Å². The number of hydrogen-bond donors (Lipinski definition) is 1. The zero-order valence-corrected chi connectivity index (χ0v) is 20.0. The van der Waals surface area contributed by atoms with Crippen molar-refractivity contribution < 1.29 is 66.1 Å². The molecular weight excluding hydrogens is 407 g/mol. The molecular formula is C22H21KN4O3. The zero-order chi connectivity index (χ0) is 20.2. The van der Waals surface area contributed by atoms with Gasteiger partial charge in [-0.1, -0.05) is 30.3 Å². The van der Waals surface area contributed by atoms with Crippen LogP contribution in [0.3, 0.4) is 0 Å². The van der Waals surface area contributed by atoms with Crippen molar-refractivity contribution in [1.82, 2.24) is 14.8 Å². The number of carbonyl (C=O) groups is 2. The summed E-state index contributed by atoms with van der Waals surface area (Å²) in [6, 6.07) is 16.1. The fourth-order valence-electron chi connectivity index (χ4n) is 3.50. The summed E-state index contributed by atoms with van der Waals surface area (Å²) in [7, 11) is 0. The average Bonchev–Trinajstić information content (AvgIpc) is 2.74. The fourth-order valence-corrected chi connectivity index (χ4v) is 3.50. The van der Waals surface area contributed by atoms with E-state index in [1.54, 1.807) is 17.0 Å². The van der Waals surface area contributed by atoms with Gasteiger partial charge in [-0.2, -0.15) is 0 Å². The molecule has 2 aromatic carbocycles. The van der Waals surface area contributed by atoms with Gasteiger partial charge in [-0.25, -0.2) is 4.79 Å². The standard InChI is InChI=1S/C22H22N4O3.K/c27-21(28)18-5-3-6-19(13-18)24-22(29)26-10-8-25(9-11-26)15-16-12-17-4-1-2-7-20(17)23-14-16;/h1-7,12-14H,8-11,15H2,(H,24,29)(H,27,28);/q;+1/p-1. The third-order valence-corrected chi connectivity index (χ3v) is 5.06. The number of benzene rings is 2. The van der Waals surface area contributed by atoms with Crippen molar-refractivity contribution in [3.63, 3.8) is 0 Å². The molecule has 0 unspecified atom stereocenters. The normalized spacial score (nSPS) is 14.2. The van der Waals surface area contributed by atoms with Crippen molar-refractivity contribution in [2.24, 2.45) is 0 Å². The second-order valence-electron chi connectivity index (χ2n) is 7.10. The number of carbonyl (C=O) groups excluding carboxylic acids is 2. The van der Waals surface area contributed by atoms with Gasteiger partial charge in [0.2, 0.25) is 0 Å². The number of fused-ring (bicyclic) bond motifs is 1. The third-order valence-electron chi connectivity index (χ3n) is 5.06. The van der Waals surface area contributed by atoms with Gasteiger partial charge in [-0.05, 0) is 35.4 Å². The number of piperazine rings is 1. The van der Waals surface area contributed by atoms with Crippen LogP contribution < -0.4 is 61.8 Å². The van der Waals surface area contributed by atoms with Crippen molar-refractivity contribution in [3.05, 3.63) is 71.9 Å². The van der Waals surface area contributed by atoms with Gasteiger partial charge >= 0.3 is 57.4 Å². The average molecular weight is 429 g/mol. The van der Waals surface area contributed by atoms with Crippen LogP contribution in [0.5, 0.6) is 0 Å². The molecule has 2 heterocycles. The molecule has 1 aliphatic heterocycles. The molecule has 0 spiro atoms. The number of amides is 2. The van der Waals surface area contributed by atoms with Crippen molar-refractivity contribution in [2.45, 2.75) is 6.54 Å². The summed E-state index contributed by atoms with van der Waals surface area (Å²) >= 11 is 0. The monoisotopic (exact) mass is 428 g/mol. The van der Waals surface area contributed by atoms with Gasteiger partial charge in [0.15, 0.2) is 0 Å². The number of nitrogens with one attached hydrogen (secondary N) is 1. The molecule has 2 amide bonds. The fraction of sp³-hybridized carbons (Fsp3) is 0.227. The van der Waals surface area contributed by atoms with E-state index in [0.717, 1.165) is 36.1 Å². The van der Waals surface area contributed by atoms with Crippen LogP contribution in [-0.4, -0.2) is 53.0 Å². The molecule has 3 aromatic rings. The van der Waals surface area contributed by atoms with Crippen LogP contribution in [0, 0.1) is 0 Å². The summed E-state index contributed by atoms with van der Waals surface area (Å²) in [6.07, 6.45) is 1.91. The maximum atomic E-state index is 12.5. The van der Waals surface area contributed by atoms with Gasteiger partial charge in [-0.3, -0.25) is 9.88 Å². The van der Waals surface area contributed by atoms with Crippen LogP contribution in [0.25, 0.3) is 10.9 Å². The Morgan fingerprint density at radius 2 is 1.77 bits per heavy atom. The first-order chi connectivity index (χ1) is 14.1. The third kappa shape index (κ3) is 5.66. The number of nitrogens with zero attached hydrogens (tertiary/aromatic N) is 3. The minimum Gasteiger partial charge on any atom is -0.545 e. The number of anilines is 1. The summed E-state index contributed by atoms with van der Waals surface area (Å²) < 4.78 is 0. The Morgan fingerprint density at radius 3 is 2.53 bits per heavy atom. The Kier molecular flexibility index (Phi) is 7.98. The van der Waals surface area contributed by atoms with Crippen LogP contribution in [0.2, 0.25) is 0 Å². The number of hydrogen-bond acceptors (Lipinski definition) is 5. The molecule has 8 heteroatoms. The number of aromatic carboxylic acids is 1. The summed E-state index contributed by atoms with van der Waals surface area (Å²) in [5.74, 6) is -1.27. The summed E-state index contributed by atoms with van der Waals surface area (Å²) in [6.45, 7) is 3.53. The maximum absolute atomic E-state index is 12.5. The molecule has 0 atom stereocenters. The van der Waals surface area contributed by atoms with Gasteiger partial charge < -0.3 is 20.1 Å². The summed E-state index contributed by atoms with van der Waals surface area (Å²) in [5.41, 5.74) is 2.62. The number of carboxylic acid groups (broad SMARTS) is 1. The van der Waals surface area contributed by atoms with Crippen molar-refractivity contribution in [2.75, 3.05) is 31.5 Å². The molecule has 1 fully saturated rings. The molecule has 1 N–H and O–H groups in total. The first-order valence-corrected chi connectivity index (χ1v) is 9.52. The molecule has 30 heavy (non-hydrogen) atoms. The Hall–Kier alpha value is -1.81. The van der Waals surface area contributed by atoms with Gasteiger partial charge in [0.05, 0.1) is 11.5 Å². The number of carboxylic acids is 1. The minimum atomic E-state index is -1.27. The van der Waals surface area contributed by atoms with Crippen LogP contribution >= 0.6 is 0 Å². The van der Waals surface area contributed by atoms with Crippen LogP contribution in [0.15, 0.2) is 60.8 Å². The predicted molar refractivity (Wildman–Crippen MR) is 108 cm³/mol. The molecule has 1 saturated heterocycles. The molecule has 0 aliphatic carbocycles. The Labute approximate surface area is 217 Å². The molecule has 1 aromatic heterocycles. The van der Waals surface area contributed by atoms with Crippen molar-refractivity contribution in [3.8, 4) is 0 Å². The van der Waals surface area contributed by atoms with Crippen LogP contribution in [-0.2, 0) is 6.54 Å². The Balaban J connectivity index is 0.00000256. The predicted octanol–water partition coefficient (Wildman–Crippen LogP) is -1.05. The molecule has 0 bridgehead atoms. The zero-order valence-electron chi connectivity index (χ0n) is 16.9. The molecule has 1 aliphatic rings. The molecule has 7 nitrogen and oxygen atoms in total. The second kappa shape index (κ2) is 10.5. The Bertz CT molecular complexity index is 1050. The Morgan fingerprint density at radius 1 is 1.00 bits per heavy atom. The van der Waals surface area contributed by atoms with Crippen molar-refractivity contribution >= 4 is 28.6 Å². The van der Waals surface area contributed by atoms with Gasteiger partial charge in [-0.15, -0.1) is 0 Å². The number of pyridine rings is 1. The van der Waals surface area contributed by atoms with E-state index in [1.807, 2.05) is 24.4 Å². The van der Waals surface area contributed by atoms with E-state index >= 15 is 0 Å². The number of aromatic nitrogens is 1. The molecule has 4 rings (SSSR count). The van der Waals surface area contributed by atoms with Gasteiger partial charge in [0.25, 0.3) is 0 Å². The molecule has 0 radical (unpaired) electrons. The number of rotatable bonds is 4. The van der Waals surface area contributed by atoms with E-state index in [0.29, 0.717) is 18.8 Å². The summed E-state index contributed by atoms with van der Waals surface area (Å²) in [4.78, 5) is 32.0. The smallest absolute Gasteiger partial charge is 0.545 e. The quantitative estimate of drug-likeness (QED) is 0.536. The summed E-state index contributed by atoms with van der Waals surface area (Å²) in [5, 5.41) is 14.8. The minimum absolute atomic E-state index is 0. The van der Waals surface area contributed by atoms with E-state index < -0.39 is 5.97 Å². The first-order valence-electron chi connectivity index (χ1n) is 9.52. The maximum Gasteiger partial charge on any atom is 1.00 e. The number of urea groups is 1. The topological polar surface area (TPSA) is 88.6 Å². The van der Waals surface area contributed by atoms with E-state index in [-0.39, 0.29) is 63.0 Å². The van der Waals surface area contributed by atoms with Crippen molar-refractivity contribution in [1.29, 1.82) is 0 Å². The van der Waals surface area contributed by atoms with Gasteiger partial charge in [0.1, 0.15) is 0 Å². The van der Waals surface area contributed by atoms with Gasteiger partial charge in [0, 0.05) is 50.0 Å². The largest absolute Gasteiger partial charge is 1.00 e. The first kappa shape index (κ1) is 22.9. The van der Waals surface area contributed by atoms with E-state index in [9.17, 15) is 14.7 Å².